The van der Waals surface area contributed by atoms with E-state index in [1.165, 1.54) is 11.1 Å². The van der Waals surface area contributed by atoms with Crippen molar-refractivity contribution in [2.24, 2.45) is 10.8 Å². The number of hydrogen-bond donors (Lipinski definition) is 2. The monoisotopic (exact) mass is 278 g/mol. The summed E-state index contributed by atoms with van der Waals surface area (Å²) in [6.07, 6.45) is 6.99. The van der Waals surface area contributed by atoms with Gasteiger partial charge in [-0.3, -0.25) is 0 Å². The molecule has 0 saturated heterocycles. The standard InChI is InChI=1S/C18H30O2/c1-13-7-15(3,4)11-17(19,9-13)18(20)10-14(2)8-16(5,6)12-18/h9-10,19-20H,7-8,11-12H2,1-6H3/t17-,18-/m1/s1. The van der Waals surface area contributed by atoms with Gasteiger partial charge in [0.15, 0.2) is 0 Å². The van der Waals surface area contributed by atoms with Crippen molar-refractivity contribution >= 4 is 0 Å². The van der Waals surface area contributed by atoms with Crippen LogP contribution in [0, 0.1) is 10.8 Å². The highest BCUT2D eigenvalue weighted by atomic mass is 16.4. The van der Waals surface area contributed by atoms with Gasteiger partial charge in [0.25, 0.3) is 0 Å². The first kappa shape index (κ1) is 15.8. The summed E-state index contributed by atoms with van der Waals surface area (Å²) in [4.78, 5) is 0. The Morgan fingerprint density at radius 2 is 1.05 bits per heavy atom. The van der Waals surface area contributed by atoms with Crippen molar-refractivity contribution in [2.45, 2.75) is 78.4 Å². The van der Waals surface area contributed by atoms with E-state index >= 15 is 0 Å². The van der Waals surface area contributed by atoms with E-state index in [0.29, 0.717) is 12.8 Å². The van der Waals surface area contributed by atoms with Crippen molar-refractivity contribution in [3.63, 3.8) is 0 Å². The number of aliphatic hydroxyl groups is 2. The number of allylic oxidation sites excluding steroid dienone is 2. The lowest BCUT2D eigenvalue weighted by Crippen LogP contribution is -2.58. The maximum absolute atomic E-state index is 11.2. The molecule has 0 aromatic heterocycles. The molecule has 2 nitrogen and oxygen atoms in total. The molecular weight excluding hydrogens is 248 g/mol. The Labute approximate surface area is 123 Å². The largest absolute Gasteiger partial charge is 0.382 e. The second-order valence-electron chi connectivity index (χ2n) is 8.87. The summed E-state index contributed by atoms with van der Waals surface area (Å²) >= 11 is 0. The summed E-state index contributed by atoms with van der Waals surface area (Å²) in [5.74, 6) is 0. The van der Waals surface area contributed by atoms with Crippen LogP contribution in [0.5, 0.6) is 0 Å². The maximum Gasteiger partial charge on any atom is 0.116 e. The van der Waals surface area contributed by atoms with Crippen molar-refractivity contribution in [3.8, 4) is 0 Å². The molecule has 0 radical (unpaired) electrons. The van der Waals surface area contributed by atoms with Gasteiger partial charge in [-0.15, -0.1) is 0 Å². The van der Waals surface area contributed by atoms with Gasteiger partial charge in [0.1, 0.15) is 11.2 Å². The Morgan fingerprint density at radius 1 is 0.750 bits per heavy atom. The predicted octanol–water partition coefficient (Wildman–Crippen LogP) is 3.98. The van der Waals surface area contributed by atoms with Crippen molar-refractivity contribution < 1.29 is 10.2 Å². The molecule has 114 valence electrons. The van der Waals surface area contributed by atoms with Gasteiger partial charge >= 0.3 is 0 Å². The maximum atomic E-state index is 11.2. The summed E-state index contributed by atoms with van der Waals surface area (Å²) in [6, 6.07) is 0. The zero-order valence-corrected chi connectivity index (χ0v) is 13.9. The molecule has 0 saturated carbocycles. The van der Waals surface area contributed by atoms with Crippen LogP contribution in [0.15, 0.2) is 23.3 Å². The van der Waals surface area contributed by atoms with E-state index in [1.807, 2.05) is 12.2 Å². The van der Waals surface area contributed by atoms with Crippen molar-refractivity contribution in [3.05, 3.63) is 23.3 Å². The molecule has 0 bridgehead atoms. The zero-order valence-electron chi connectivity index (χ0n) is 13.9. The van der Waals surface area contributed by atoms with Crippen LogP contribution < -0.4 is 0 Å². The summed E-state index contributed by atoms with van der Waals surface area (Å²) in [5.41, 5.74) is 0.0766. The Morgan fingerprint density at radius 3 is 1.30 bits per heavy atom. The minimum atomic E-state index is -1.15. The van der Waals surface area contributed by atoms with Gasteiger partial charge in [-0.1, -0.05) is 51.0 Å². The van der Waals surface area contributed by atoms with E-state index in [0.717, 1.165) is 12.8 Å². The first-order chi connectivity index (χ1) is 8.87. The van der Waals surface area contributed by atoms with Crippen molar-refractivity contribution in [2.75, 3.05) is 0 Å². The molecule has 2 rings (SSSR count). The zero-order chi connectivity index (χ0) is 15.4. The average Bonchev–Trinajstić information content (AvgIpc) is 2.07. The summed E-state index contributed by atoms with van der Waals surface area (Å²) in [6.45, 7) is 12.8. The second-order valence-corrected chi connectivity index (χ2v) is 8.87. The topological polar surface area (TPSA) is 40.5 Å². The molecule has 0 heterocycles. The fraction of sp³-hybridized carbons (Fsp3) is 0.778. The first-order valence-electron chi connectivity index (χ1n) is 7.68. The Balaban J connectivity index is 2.48. The van der Waals surface area contributed by atoms with Gasteiger partial charge in [-0.05, 0) is 50.4 Å². The predicted molar refractivity (Wildman–Crippen MR) is 83.4 cm³/mol. The molecule has 2 aliphatic carbocycles. The lowest BCUT2D eigenvalue weighted by molar-refractivity contribution is -0.137. The minimum absolute atomic E-state index is 0.0205. The molecule has 2 aliphatic rings. The summed E-state index contributed by atoms with van der Waals surface area (Å²) in [5, 5.41) is 22.5. The van der Waals surface area contributed by atoms with Gasteiger partial charge in [0, 0.05) is 0 Å². The van der Waals surface area contributed by atoms with E-state index in [9.17, 15) is 10.2 Å². The van der Waals surface area contributed by atoms with Gasteiger partial charge in [0.2, 0.25) is 0 Å². The normalized spacial score (nSPS) is 40.0. The quantitative estimate of drug-likeness (QED) is 0.712. The second kappa shape index (κ2) is 4.45. The molecule has 0 spiro atoms. The Bertz CT molecular complexity index is 426. The van der Waals surface area contributed by atoms with Crippen LogP contribution in [0.2, 0.25) is 0 Å². The third kappa shape index (κ3) is 2.87. The molecule has 0 fully saturated rings. The van der Waals surface area contributed by atoms with Crippen LogP contribution in [0.25, 0.3) is 0 Å². The summed E-state index contributed by atoms with van der Waals surface area (Å²) in [7, 11) is 0. The van der Waals surface area contributed by atoms with Crippen LogP contribution in [-0.2, 0) is 0 Å². The lowest BCUT2D eigenvalue weighted by atomic mass is 9.59. The van der Waals surface area contributed by atoms with Gasteiger partial charge < -0.3 is 10.2 Å². The van der Waals surface area contributed by atoms with Crippen molar-refractivity contribution in [1.29, 1.82) is 0 Å². The number of hydrogen-bond acceptors (Lipinski definition) is 2. The highest BCUT2D eigenvalue weighted by molar-refractivity contribution is 5.31. The lowest BCUT2D eigenvalue weighted by Gasteiger charge is -2.52. The molecule has 0 aliphatic heterocycles. The smallest absolute Gasteiger partial charge is 0.116 e. The molecule has 2 N–H and O–H groups in total. The fourth-order valence-corrected chi connectivity index (χ4v) is 4.67. The molecular formula is C18H30O2. The third-order valence-electron chi connectivity index (χ3n) is 4.73. The summed E-state index contributed by atoms with van der Waals surface area (Å²) < 4.78 is 0. The van der Waals surface area contributed by atoms with E-state index in [-0.39, 0.29) is 10.8 Å². The van der Waals surface area contributed by atoms with Gasteiger partial charge in [-0.25, -0.2) is 0 Å². The number of rotatable bonds is 1. The molecule has 0 unspecified atom stereocenters. The average molecular weight is 278 g/mol. The van der Waals surface area contributed by atoms with E-state index in [2.05, 4.69) is 41.5 Å². The molecule has 0 aromatic rings. The van der Waals surface area contributed by atoms with E-state index < -0.39 is 11.2 Å². The fourth-order valence-electron chi connectivity index (χ4n) is 4.67. The molecule has 2 atom stereocenters. The highest BCUT2D eigenvalue weighted by Crippen LogP contribution is 2.51. The highest BCUT2D eigenvalue weighted by Gasteiger charge is 2.54. The molecule has 0 amide bonds. The molecule has 0 aromatic carbocycles. The first-order valence-corrected chi connectivity index (χ1v) is 7.68. The Hall–Kier alpha value is -0.600. The van der Waals surface area contributed by atoms with Crippen LogP contribution in [-0.4, -0.2) is 21.4 Å². The third-order valence-corrected chi connectivity index (χ3v) is 4.73. The SMILES string of the molecule is CC1=C[C@](O)([C@@]2(O)C=C(C)CC(C)(C)C2)CC(C)(C)C1. The van der Waals surface area contributed by atoms with Crippen molar-refractivity contribution in [1.82, 2.24) is 0 Å². The van der Waals surface area contributed by atoms with Crippen LogP contribution in [0.1, 0.15) is 67.2 Å². The molecule has 2 heteroatoms. The Kier molecular flexibility index (Phi) is 3.51. The van der Waals surface area contributed by atoms with Gasteiger partial charge in [-0.2, -0.15) is 0 Å². The van der Waals surface area contributed by atoms with Gasteiger partial charge in [0.05, 0.1) is 0 Å². The van der Waals surface area contributed by atoms with E-state index in [4.69, 9.17) is 0 Å². The minimum Gasteiger partial charge on any atom is -0.382 e. The van der Waals surface area contributed by atoms with Crippen LogP contribution >= 0.6 is 0 Å². The molecule has 20 heavy (non-hydrogen) atoms. The van der Waals surface area contributed by atoms with Crippen LogP contribution in [0.3, 0.4) is 0 Å². The van der Waals surface area contributed by atoms with E-state index in [1.54, 1.807) is 0 Å². The van der Waals surface area contributed by atoms with Crippen LogP contribution in [0.4, 0.5) is 0 Å².